The fourth-order valence-electron chi connectivity index (χ4n) is 4.19. The van der Waals surface area contributed by atoms with Crippen molar-refractivity contribution in [2.24, 2.45) is 14.1 Å². The van der Waals surface area contributed by atoms with Crippen molar-refractivity contribution in [2.45, 2.75) is 19.1 Å². The van der Waals surface area contributed by atoms with Crippen molar-refractivity contribution in [3.8, 4) is 0 Å². The molecule has 164 valence electrons. The van der Waals surface area contributed by atoms with Gasteiger partial charge < -0.3 is 19.3 Å². The molecule has 2 fully saturated rings. The van der Waals surface area contributed by atoms with Gasteiger partial charge in [-0.3, -0.25) is 9.36 Å². The van der Waals surface area contributed by atoms with Crippen molar-refractivity contribution in [3.63, 3.8) is 0 Å². The van der Waals surface area contributed by atoms with Gasteiger partial charge in [0.15, 0.2) is 0 Å². The van der Waals surface area contributed by atoms with Crippen LogP contribution < -0.4 is 9.80 Å². The van der Waals surface area contributed by atoms with Crippen molar-refractivity contribution >= 4 is 11.6 Å². The summed E-state index contributed by atoms with van der Waals surface area (Å²) in [5.41, 5.74) is 2.18. The molecular formula is C21H28N8O2. The first-order chi connectivity index (χ1) is 15.0. The number of ether oxygens (including phenoxy) is 2. The monoisotopic (exact) mass is 424 g/mol. The van der Waals surface area contributed by atoms with Crippen molar-refractivity contribution in [1.82, 2.24) is 29.5 Å². The summed E-state index contributed by atoms with van der Waals surface area (Å²) in [6.45, 7) is 6.33. The van der Waals surface area contributed by atoms with E-state index in [0.717, 1.165) is 54.8 Å². The largest absolute Gasteiger partial charge is 0.370 e. The maximum absolute atomic E-state index is 6.00. The van der Waals surface area contributed by atoms with E-state index >= 15 is 0 Å². The molecule has 10 heteroatoms. The third-order valence-electron chi connectivity index (χ3n) is 5.79. The van der Waals surface area contributed by atoms with E-state index in [2.05, 4.69) is 26.1 Å². The Kier molecular flexibility index (Phi) is 5.33. The molecule has 0 aliphatic carbocycles. The van der Waals surface area contributed by atoms with Gasteiger partial charge in [-0.2, -0.15) is 10.2 Å². The highest BCUT2D eigenvalue weighted by Gasteiger charge is 2.27. The molecule has 2 atom stereocenters. The molecule has 0 saturated carbocycles. The summed E-state index contributed by atoms with van der Waals surface area (Å²) in [6, 6.07) is 2.09. The summed E-state index contributed by atoms with van der Waals surface area (Å²) in [5.74, 6) is 2.63. The second kappa shape index (κ2) is 8.27. The smallest absolute Gasteiger partial charge is 0.134 e. The Bertz CT molecular complexity index is 969. The molecule has 0 radical (unpaired) electrons. The predicted molar refractivity (Wildman–Crippen MR) is 115 cm³/mol. The van der Waals surface area contributed by atoms with Gasteiger partial charge in [0.25, 0.3) is 0 Å². The van der Waals surface area contributed by atoms with Gasteiger partial charge in [0.05, 0.1) is 25.6 Å². The van der Waals surface area contributed by atoms with E-state index in [0.29, 0.717) is 13.2 Å². The normalized spacial score (nSPS) is 22.2. The van der Waals surface area contributed by atoms with Crippen LogP contribution in [0.3, 0.4) is 0 Å². The van der Waals surface area contributed by atoms with E-state index in [1.54, 1.807) is 0 Å². The van der Waals surface area contributed by atoms with Gasteiger partial charge in [0, 0.05) is 69.9 Å². The molecule has 2 saturated heterocycles. The lowest BCUT2D eigenvalue weighted by molar-refractivity contribution is 0.0390. The maximum Gasteiger partial charge on any atom is 0.134 e. The van der Waals surface area contributed by atoms with Crippen LogP contribution in [0.25, 0.3) is 0 Å². The lowest BCUT2D eigenvalue weighted by Gasteiger charge is -2.36. The molecule has 2 aliphatic heterocycles. The molecule has 2 aliphatic rings. The lowest BCUT2D eigenvalue weighted by atomic mass is 10.1. The van der Waals surface area contributed by atoms with E-state index in [4.69, 9.17) is 19.4 Å². The van der Waals surface area contributed by atoms with E-state index in [1.807, 2.05) is 55.2 Å². The van der Waals surface area contributed by atoms with Crippen LogP contribution in [0.15, 0.2) is 30.9 Å². The zero-order valence-corrected chi connectivity index (χ0v) is 18.2. The number of rotatable bonds is 4. The molecule has 5 rings (SSSR count). The summed E-state index contributed by atoms with van der Waals surface area (Å²) in [5, 5.41) is 8.56. The highest BCUT2D eigenvalue weighted by molar-refractivity contribution is 5.52. The first-order valence-corrected chi connectivity index (χ1v) is 10.6. The van der Waals surface area contributed by atoms with Crippen LogP contribution in [0.5, 0.6) is 0 Å². The highest BCUT2D eigenvalue weighted by Crippen LogP contribution is 2.29. The first-order valence-electron chi connectivity index (χ1n) is 10.6. The molecule has 0 bridgehead atoms. The quantitative estimate of drug-likeness (QED) is 0.621. The zero-order valence-electron chi connectivity index (χ0n) is 18.2. The molecule has 3 aromatic heterocycles. The predicted octanol–water partition coefficient (Wildman–Crippen LogP) is 1.41. The minimum Gasteiger partial charge on any atom is -0.370 e. The summed E-state index contributed by atoms with van der Waals surface area (Å²) in [7, 11) is 3.84. The maximum atomic E-state index is 6.00. The first kappa shape index (κ1) is 20.0. The molecule has 0 N–H and O–H groups in total. The van der Waals surface area contributed by atoms with Gasteiger partial charge in [-0.25, -0.2) is 9.97 Å². The molecule has 3 aromatic rings. The minimum absolute atomic E-state index is 0.0143. The number of anilines is 2. The van der Waals surface area contributed by atoms with Crippen LogP contribution in [-0.2, 0) is 23.6 Å². The number of aromatic nitrogens is 6. The number of nitrogens with zero attached hydrogens (tertiary/aromatic N) is 8. The van der Waals surface area contributed by atoms with E-state index in [1.165, 1.54) is 0 Å². The summed E-state index contributed by atoms with van der Waals surface area (Å²) in [6.07, 6.45) is 7.74. The molecule has 0 spiro atoms. The average molecular weight is 425 g/mol. The van der Waals surface area contributed by atoms with Gasteiger partial charge in [-0.05, 0) is 6.92 Å². The topological polar surface area (TPSA) is 86.4 Å². The Balaban J connectivity index is 1.35. The number of hydrogen-bond donors (Lipinski definition) is 0. The van der Waals surface area contributed by atoms with Crippen LogP contribution in [0, 0.1) is 6.92 Å². The lowest BCUT2D eigenvalue weighted by Crippen LogP contribution is -2.40. The fraction of sp³-hybridized carbons (Fsp3) is 0.524. The van der Waals surface area contributed by atoms with Crippen molar-refractivity contribution in [1.29, 1.82) is 0 Å². The molecule has 31 heavy (non-hydrogen) atoms. The SMILES string of the molecule is Cc1nc(N2CCOC(c3cnn(C)c3)C2)cc(N2CCOC(c3cnn(C)c3)C2)n1. The molecule has 5 heterocycles. The van der Waals surface area contributed by atoms with Crippen molar-refractivity contribution < 1.29 is 9.47 Å². The van der Waals surface area contributed by atoms with Crippen LogP contribution in [0.1, 0.15) is 29.2 Å². The third-order valence-corrected chi connectivity index (χ3v) is 5.79. The molecule has 0 amide bonds. The third kappa shape index (κ3) is 4.26. The Morgan fingerprint density at radius 1 is 0.806 bits per heavy atom. The highest BCUT2D eigenvalue weighted by atomic mass is 16.5. The minimum atomic E-state index is -0.0143. The van der Waals surface area contributed by atoms with Gasteiger partial charge in [0.2, 0.25) is 0 Å². The summed E-state index contributed by atoms with van der Waals surface area (Å²) in [4.78, 5) is 14.0. The van der Waals surface area contributed by atoms with Gasteiger partial charge in [-0.1, -0.05) is 0 Å². The summed E-state index contributed by atoms with van der Waals surface area (Å²) < 4.78 is 15.6. The Morgan fingerprint density at radius 2 is 1.29 bits per heavy atom. The Morgan fingerprint density at radius 3 is 1.71 bits per heavy atom. The van der Waals surface area contributed by atoms with Gasteiger partial charge >= 0.3 is 0 Å². The van der Waals surface area contributed by atoms with E-state index in [9.17, 15) is 0 Å². The van der Waals surface area contributed by atoms with Crippen LogP contribution in [0.4, 0.5) is 11.6 Å². The number of hydrogen-bond acceptors (Lipinski definition) is 8. The molecular weight excluding hydrogens is 396 g/mol. The second-order valence-electron chi connectivity index (χ2n) is 8.14. The molecule has 2 unspecified atom stereocenters. The fourth-order valence-corrected chi connectivity index (χ4v) is 4.19. The van der Waals surface area contributed by atoms with Crippen LogP contribution in [0.2, 0.25) is 0 Å². The molecule has 10 nitrogen and oxygen atoms in total. The van der Waals surface area contributed by atoms with E-state index < -0.39 is 0 Å². The second-order valence-corrected chi connectivity index (χ2v) is 8.14. The number of morpholine rings is 2. The standard InChI is InChI=1S/C21H28N8O2/c1-15-24-20(28-4-6-30-18(13-28)16-9-22-26(2)11-16)8-21(25-15)29-5-7-31-19(14-29)17-10-23-27(3)12-17/h8-12,18-19H,4-7,13-14H2,1-3H3. The van der Waals surface area contributed by atoms with Crippen molar-refractivity contribution in [2.75, 3.05) is 49.2 Å². The van der Waals surface area contributed by atoms with Gasteiger partial charge in [-0.15, -0.1) is 0 Å². The van der Waals surface area contributed by atoms with Crippen LogP contribution >= 0.6 is 0 Å². The Hall–Kier alpha value is -2.98. The van der Waals surface area contributed by atoms with Crippen LogP contribution in [-0.4, -0.2) is 68.9 Å². The van der Waals surface area contributed by atoms with E-state index in [-0.39, 0.29) is 12.2 Å². The van der Waals surface area contributed by atoms with Crippen molar-refractivity contribution in [3.05, 3.63) is 47.8 Å². The number of aryl methyl sites for hydroxylation is 3. The van der Waals surface area contributed by atoms with Gasteiger partial charge in [0.1, 0.15) is 29.7 Å². The summed E-state index contributed by atoms with van der Waals surface area (Å²) >= 11 is 0. The zero-order chi connectivity index (χ0) is 21.4. The Labute approximate surface area is 181 Å². The average Bonchev–Trinajstić information content (AvgIpc) is 3.42. The molecule has 0 aromatic carbocycles.